The van der Waals surface area contributed by atoms with E-state index in [1.165, 1.54) is 0 Å². The van der Waals surface area contributed by atoms with E-state index in [0.29, 0.717) is 6.10 Å². The summed E-state index contributed by atoms with van der Waals surface area (Å²) in [6, 6.07) is -0.218. The van der Waals surface area contributed by atoms with Gasteiger partial charge in [-0.25, -0.2) is 4.79 Å². The van der Waals surface area contributed by atoms with Crippen LogP contribution in [0.1, 0.15) is 19.3 Å². The minimum Gasteiger partial charge on any atom is -0.381 e. The number of methoxy groups -OCH3 is 1. The lowest BCUT2D eigenvalue weighted by atomic mass is 10.2. The molecule has 11 heavy (non-hydrogen) atoms. The van der Waals surface area contributed by atoms with Crippen molar-refractivity contribution in [1.82, 2.24) is 5.32 Å². The first-order valence-corrected chi connectivity index (χ1v) is 3.81. The van der Waals surface area contributed by atoms with Crippen molar-refractivity contribution in [3.05, 3.63) is 0 Å². The average molecular weight is 158 g/mol. The molecular weight excluding hydrogens is 144 g/mol. The lowest BCUT2D eigenvalue weighted by Gasteiger charge is -2.09. The van der Waals surface area contributed by atoms with E-state index < -0.39 is 6.03 Å². The van der Waals surface area contributed by atoms with Crippen LogP contribution in [-0.4, -0.2) is 25.3 Å². The van der Waals surface area contributed by atoms with Gasteiger partial charge in [-0.2, -0.15) is 0 Å². The summed E-state index contributed by atoms with van der Waals surface area (Å²) in [6.07, 6.45) is 3.18. The smallest absolute Gasteiger partial charge is 0.312 e. The first-order chi connectivity index (χ1) is 5.22. The van der Waals surface area contributed by atoms with Crippen molar-refractivity contribution in [2.75, 3.05) is 7.11 Å². The van der Waals surface area contributed by atoms with Gasteiger partial charge in [0.1, 0.15) is 0 Å². The molecule has 1 rings (SSSR count). The number of amides is 2. The third-order valence-electron chi connectivity index (χ3n) is 2.06. The Morgan fingerprint density at radius 2 is 2.36 bits per heavy atom. The minimum absolute atomic E-state index is 0.220. The zero-order valence-corrected chi connectivity index (χ0v) is 6.67. The first kappa shape index (κ1) is 8.33. The number of nitrogens with one attached hydrogen (secondary N) is 1. The van der Waals surface area contributed by atoms with Crippen LogP contribution in [0.15, 0.2) is 0 Å². The van der Waals surface area contributed by atoms with E-state index in [1.807, 2.05) is 0 Å². The van der Waals surface area contributed by atoms with E-state index in [-0.39, 0.29) is 6.04 Å². The number of rotatable bonds is 2. The van der Waals surface area contributed by atoms with Crippen molar-refractivity contribution in [3.8, 4) is 0 Å². The molecule has 64 valence electrons. The Labute approximate surface area is 66.1 Å². The zero-order valence-electron chi connectivity index (χ0n) is 6.67. The molecule has 1 fully saturated rings. The third kappa shape index (κ3) is 2.38. The fourth-order valence-corrected chi connectivity index (χ4v) is 1.49. The summed E-state index contributed by atoms with van der Waals surface area (Å²) in [5, 5.41) is 2.66. The Kier molecular flexibility index (Phi) is 2.70. The molecule has 1 saturated carbocycles. The maximum atomic E-state index is 10.4. The van der Waals surface area contributed by atoms with Gasteiger partial charge in [-0.3, -0.25) is 0 Å². The molecule has 0 saturated heterocycles. The van der Waals surface area contributed by atoms with E-state index in [9.17, 15) is 4.79 Å². The topological polar surface area (TPSA) is 64.3 Å². The van der Waals surface area contributed by atoms with Gasteiger partial charge in [0, 0.05) is 13.2 Å². The standard InChI is InChI=1S/C7H14N2O2/c1-11-6-3-2-5(4-6)9-7(8)10/h5-6H,2-4H2,1H3,(H3,8,9,10). The Hall–Kier alpha value is -0.770. The van der Waals surface area contributed by atoms with Crippen LogP contribution in [-0.2, 0) is 4.74 Å². The van der Waals surface area contributed by atoms with Crippen molar-refractivity contribution < 1.29 is 9.53 Å². The number of urea groups is 1. The van der Waals surface area contributed by atoms with Gasteiger partial charge in [0.05, 0.1) is 6.10 Å². The molecule has 4 nitrogen and oxygen atoms in total. The van der Waals surface area contributed by atoms with Crippen LogP contribution < -0.4 is 11.1 Å². The molecule has 3 N–H and O–H groups in total. The van der Waals surface area contributed by atoms with Crippen molar-refractivity contribution >= 4 is 6.03 Å². The number of carbonyl (C=O) groups excluding carboxylic acids is 1. The molecule has 0 spiro atoms. The van der Waals surface area contributed by atoms with E-state index in [1.54, 1.807) is 7.11 Å². The maximum absolute atomic E-state index is 10.4. The van der Waals surface area contributed by atoms with Gasteiger partial charge in [-0.15, -0.1) is 0 Å². The van der Waals surface area contributed by atoms with E-state index in [0.717, 1.165) is 19.3 Å². The molecule has 2 unspecified atom stereocenters. The predicted molar refractivity (Wildman–Crippen MR) is 41.2 cm³/mol. The maximum Gasteiger partial charge on any atom is 0.312 e. The molecule has 0 aromatic heterocycles. The lowest BCUT2D eigenvalue weighted by molar-refractivity contribution is 0.107. The van der Waals surface area contributed by atoms with Gasteiger partial charge in [-0.05, 0) is 19.3 Å². The third-order valence-corrected chi connectivity index (χ3v) is 2.06. The van der Waals surface area contributed by atoms with Gasteiger partial charge < -0.3 is 15.8 Å². The lowest BCUT2D eigenvalue weighted by Crippen LogP contribution is -2.37. The summed E-state index contributed by atoms with van der Waals surface area (Å²) >= 11 is 0. The Morgan fingerprint density at radius 3 is 2.82 bits per heavy atom. The van der Waals surface area contributed by atoms with Gasteiger partial charge in [-0.1, -0.05) is 0 Å². The first-order valence-electron chi connectivity index (χ1n) is 3.81. The number of primary amides is 1. The highest BCUT2D eigenvalue weighted by Crippen LogP contribution is 2.20. The molecule has 0 aromatic carbocycles. The number of hydrogen-bond donors (Lipinski definition) is 2. The highest BCUT2D eigenvalue weighted by Gasteiger charge is 2.24. The molecule has 2 atom stereocenters. The molecule has 0 heterocycles. The van der Waals surface area contributed by atoms with Crippen LogP contribution in [0.2, 0.25) is 0 Å². The van der Waals surface area contributed by atoms with Crippen LogP contribution in [0.4, 0.5) is 4.79 Å². The number of ether oxygens (including phenoxy) is 1. The van der Waals surface area contributed by atoms with E-state index in [4.69, 9.17) is 10.5 Å². The van der Waals surface area contributed by atoms with E-state index in [2.05, 4.69) is 5.32 Å². The summed E-state index contributed by atoms with van der Waals surface area (Å²) in [5.41, 5.74) is 4.97. The van der Waals surface area contributed by atoms with Crippen molar-refractivity contribution in [2.24, 2.45) is 5.73 Å². The molecule has 0 aliphatic heterocycles. The summed E-state index contributed by atoms with van der Waals surface area (Å²) in [4.78, 5) is 10.4. The largest absolute Gasteiger partial charge is 0.381 e. The summed E-state index contributed by atoms with van der Waals surface area (Å²) in [5.74, 6) is 0. The Bertz CT molecular complexity index is 149. The summed E-state index contributed by atoms with van der Waals surface area (Å²) < 4.78 is 5.13. The summed E-state index contributed by atoms with van der Waals surface area (Å²) in [7, 11) is 1.69. The van der Waals surface area contributed by atoms with Crippen LogP contribution in [0, 0.1) is 0 Å². The normalized spacial score (nSPS) is 30.3. The van der Waals surface area contributed by atoms with Crippen molar-refractivity contribution in [1.29, 1.82) is 0 Å². The van der Waals surface area contributed by atoms with Gasteiger partial charge >= 0.3 is 6.03 Å². The monoisotopic (exact) mass is 158 g/mol. The fraction of sp³-hybridized carbons (Fsp3) is 0.857. The molecule has 4 heteroatoms. The van der Waals surface area contributed by atoms with Crippen molar-refractivity contribution in [3.63, 3.8) is 0 Å². The molecule has 1 aliphatic carbocycles. The number of carbonyl (C=O) groups is 1. The SMILES string of the molecule is COC1CCC(NC(N)=O)C1. The minimum atomic E-state index is -0.438. The predicted octanol–water partition coefficient (Wildman–Crippen LogP) is 0.222. The second-order valence-electron chi connectivity index (χ2n) is 2.88. The highest BCUT2D eigenvalue weighted by molar-refractivity contribution is 5.71. The number of nitrogens with two attached hydrogens (primary N) is 1. The highest BCUT2D eigenvalue weighted by atomic mass is 16.5. The fourth-order valence-electron chi connectivity index (χ4n) is 1.49. The zero-order chi connectivity index (χ0) is 8.27. The van der Waals surface area contributed by atoms with Crippen LogP contribution in [0.3, 0.4) is 0 Å². The molecular formula is C7H14N2O2. The second kappa shape index (κ2) is 3.57. The van der Waals surface area contributed by atoms with Crippen LogP contribution >= 0.6 is 0 Å². The molecule has 0 bridgehead atoms. The average Bonchev–Trinajstić information content (AvgIpc) is 2.34. The van der Waals surface area contributed by atoms with Crippen molar-refractivity contribution in [2.45, 2.75) is 31.4 Å². The Morgan fingerprint density at radius 1 is 1.64 bits per heavy atom. The van der Waals surface area contributed by atoms with Gasteiger partial charge in [0.2, 0.25) is 0 Å². The quantitative estimate of drug-likeness (QED) is 0.604. The van der Waals surface area contributed by atoms with Gasteiger partial charge in [0.25, 0.3) is 0 Å². The molecule has 2 amide bonds. The molecule has 0 radical (unpaired) electrons. The van der Waals surface area contributed by atoms with Crippen LogP contribution in [0.5, 0.6) is 0 Å². The number of hydrogen-bond acceptors (Lipinski definition) is 2. The van der Waals surface area contributed by atoms with Gasteiger partial charge in [0.15, 0.2) is 0 Å². The van der Waals surface area contributed by atoms with E-state index >= 15 is 0 Å². The molecule has 1 aliphatic rings. The summed E-state index contributed by atoms with van der Waals surface area (Å²) in [6.45, 7) is 0. The molecule has 0 aromatic rings. The Balaban J connectivity index is 2.24. The second-order valence-corrected chi connectivity index (χ2v) is 2.88. The van der Waals surface area contributed by atoms with Crippen LogP contribution in [0.25, 0.3) is 0 Å².